The maximum atomic E-state index is 12.4. The summed E-state index contributed by atoms with van der Waals surface area (Å²) >= 11 is 0. The molecule has 0 aliphatic heterocycles. The summed E-state index contributed by atoms with van der Waals surface area (Å²) in [5.74, 6) is 0.512. The van der Waals surface area contributed by atoms with E-state index < -0.39 is 0 Å². The van der Waals surface area contributed by atoms with Crippen LogP contribution < -0.4 is 4.74 Å². The lowest BCUT2D eigenvalue weighted by Gasteiger charge is -2.27. The van der Waals surface area contributed by atoms with Crippen molar-refractivity contribution in [3.63, 3.8) is 0 Å². The molecule has 2 saturated carbocycles. The van der Waals surface area contributed by atoms with E-state index in [9.17, 15) is 4.79 Å². The summed E-state index contributed by atoms with van der Waals surface area (Å²) in [6, 6.07) is 7.41. The van der Waals surface area contributed by atoms with E-state index >= 15 is 0 Å². The molecule has 0 atom stereocenters. The molecule has 1 aromatic heterocycles. The van der Waals surface area contributed by atoms with Gasteiger partial charge >= 0.3 is 5.97 Å². The Labute approximate surface area is 129 Å². The van der Waals surface area contributed by atoms with Crippen LogP contribution in [0.2, 0.25) is 0 Å². The Balaban J connectivity index is 1.66. The number of carbonyl (C=O) groups is 1. The molecule has 0 saturated heterocycles. The Morgan fingerprint density at radius 1 is 1.05 bits per heavy atom. The standard InChI is InChI=1S/C18H19NO3/c20-18(22-13-6-2-7-13)15-9-10-16(21-12-4-1-5-12)17-14(15)8-3-11-19-17/h3,8-13H,1-2,4-7H2. The first-order valence-corrected chi connectivity index (χ1v) is 8.06. The lowest BCUT2D eigenvalue weighted by atomic mass is 9.96. The molecule has 114 valence electrons. The Bertz CT molecular complexity index is 705. The fourth-order valence-corrected chi connectivity index (χ4v) is 2.79. The lowest BCUT2D eigenvalue weighted by Crippen LogP contribution is -2.26. The van der Waals surface area contributed by atoms with Gasteiger partial charge in [0.25, 0.3) is 0 Å². The van der Waals surface area contributed by atoms with Gasteiger partial charge in [-0.2, -0.15) is 0 Å². The second-order valence-corrected chi connectivity index (χ2v) is 6.14. The van der Waals surface area contributed by atoms with Crippen LogP contribution in [0.3, 0.4) is 0 Å². The number of benzene rings is 1. The molecule has 0 N–H and O–H groups in total. The second kappa shape index (κ2) is 5.59. The van der Waals surface area contributed by atoms with E-state index in [0.29, 0.717) is 5.56 Å². The van der Waals surface area contributed by atoms with E-state index in [1.807, 2.05) is 18.2 Å². The Morgan fingerprint density at radius 2 is 1.82 bits per heavy atom. The van der Waals surface area contributed by atoms with Gasteiger partial charge in [0, 0.05) is 11.6 Å². The van der Waals surface area contributed by atoms with E-state index in [2.05, 4.69) is 4.98 Å². The van der Waals surface area contributed by atoms with Crippen LogP contribution in [-0.4, -0.2) is 23.2 Å². The molecule has 0 radical (unpaired) electrons. The van der Waals surface area contributed by atoms with Crippen LogP contribution in [0, 0.1) is 0 Å². The predicted octanol–water partition coefficient (Wildman–Crippen LogP) is 3.88. The van der Waals surface area contributed by atoms with E-state index in [0.717, 1.165) is 48.8 Å². The minimum absolute atomic E-state index is 0.0881. The number of esters is 1. The number of carbonyl (C=O) groups excluding carboxylic acids is 1. The monoisotopic (exact) mass is 297 g/mol. The molecule has 0 amide bonds. The van der Waals surface area contributed by atoms with Crippen LogP contribution in [0.25, 0.3) is 10.9 Å². The number of fused-ring (bicyclic) bond motifs is 1. The highest BCUT2D eigenvalue weighted by Crippen LogP contribution is 2.32. The highest BCUT2D eigenvalue weighted by molar-refractivity contribution is 6.05. The molecular formula is C18H19NO3. The normalized spacial score (nSPS) is 18.5. The van der Waals surface area contributed by atoms with Gasteiger partial charge in [-0.05, 0) is 56.7 Å². The van der Waals surface area contributed by atoms with Gasteiger partial charge in [-0.25, -0.2) is 4.79 Å². The highest BCUT2D eigenvalue weighted by Gasteiger charge is 2.25. The number of pyridine rings is 1. The molecule has 4 heteroatoms. The summed E-state index contributed by atoms with van der Waals surface area (Å²) in [6.07, 6.45) is 8.63. The first kappa shape index (κ1) is 13.6. The molecular weight excluding hydrogens is 278 g/mol. The summed E-state index contributed by atoms with van der Waals surface area (Å²) in [4.78, 5) is 16.8. The van der Waals surface area contributed by atoms with Crippen molar-refractivity contribution in [2.75, 3.05) is 0 Å². The lowest BCUT2D eigenvalue weighted by molar-refractivity contribution is 0.00923. The summed E-state index contributed by atoms with van der Waals surface area (Å²) in [5.41, 5.74) is 1.33. The predicted molar refractivity (Wildman–Crippen MR) is 83.1 cm³/mol. The summed E-state index contributed by atoms with van der Waals surface area (Å²) in [7, 11) is 0. The van der Waals surface area contributed by atoms with Gasteiger partial charge in [-0.1, -0.05) is 6.07 Å². The fourth-order valence-electron chi connectivity index (χ4n) is 2.79. The molecule has 1 heterocycles. The molecule has 4 rings (SSSR count). The zero-order chi connectivity index (χ0) is 14.9. The van der Waals surface area contributed by atoms with E-state index in [1.54, 1.807) is 12.3 Å². The zero-order valence-corrected chi connectivity index (χ0v) is 12.5. The first-order valence-electron chi connectivity index (χ1n) is 8.06. The van der Waals surface area contributed by atoms with Gasteiger partial charge in [0.05, 0.1) is 11.7 Å². The first-order chi connectivity index (χ1) is 10.8. The molecule has 0 bridgehead atoms. The quantitative estimate of drug-likeness (QED) is 0.804. The molecule has 0 spiro atoms. The smallest absolute Gasteiger partial charge is 0.339 e. The van der Waals surface area contributed by atoms with Gasteiger partial charge < -0.3 is 9.47 Å². The van der Waals surface area contributed by atoms with Crippen LogP contribution >= 0.6 is 0 Å². The van der Waals surface area contributed by atoms with Gasteiger partial charge in [0.15, 0.2) is 0 Å². The molecule has 2 aliphatic carbocycles. The maximum Gasteiger partial charge on any atom is 0.339 e. The van der Waals surface area contributed by atoms with E-state index in [4.69, 9.17) is 9.47 Å². The molecule has 2 aromatic rings. The van der Waals surface area contributed by atoms with Crippen molar-refractivity contribution < 1.29 is 14.3 Å². The number of nitrogens with zero attached hydrogens (tertiary/aromatic N) is 1. The Kier molecular flexibility index (Phi) is 3.45. The number of hydrogen-bond donors (Lipinski definition) is 0. The summed E-state index contributed by atoms with van der Waals surface area (Å²) in [6.45, 7) is 0. The third-order valence-corrected chi connectivity index (χ3v) is 4.62. The SMILES string of the molecule is O=C(OC1CCC1)c1ccc(OC2CCC2)c2ncccc12. The van der Waals surface area contributed by atoms with Crippen molar-refractivity contribution in [2.24, 2.45) is 0 Å². The van der Waals surface area contributed by atoms with Crippen molar-refractivity contribution in [3.8, 4) is 5.75 Å². The largest absolute Gasteiger partial charge is 0.488 e. The van der Waals surface area contributed by atoms with Crippen LogP contribution in [0.1, 0.15) is 48.9 Å². The van der Waals surface area contributed by atoms with Crippen molar-refractivity contribution in [1.29, 1.82) is 0 Å². The molecule has 0 unspecified atom stereocenters. The van der Waals surface area contributed by atoms with Crippen LogP contribution in [0.15, 0.2) is 30.5 Å². The number of rotatable bonds is 4. The fraction of sp³-hybridized carbons (Fsp3) is 0.444. The van der Waals surface area contributed by atoms with Crippen molar-refractivity contribution in [2.45, 2.75) is 50.7 Å². The number of ether oxygens (including phenoxy) is 2. The minimum atomic E-state index is -0.252. The zero-order valence-electron chi connectivity index (χ0n) is 12.5. The van der Waals surface area contributed by atoms with Gasteiger partial charge in [0.1, 0.15) is 17.4 Å². The van der Waals surface area contributed by atoms with E-state index in [1.165, 1.54) is 6.42 Å². The summed E-state index contributed by atoms with van der Waals surface area (Å²) in [5, 5.41) is 0.809. The van der Waals surface area contributed by atoms with Crippen molar-refractivity contribution in [3.05, 3.63) is 36.0 Å². The third-order valence-electron chi connectivity index (χ3n) is 4.62. The average Bonchev–Trinajstić information content (AvgIpc) is 2.46. The van der Waals surface area contributed by atoms with Crippen molar-refractivity contribution in [1.82, 2.24) is 4.98 Å². The molecule has 2 aliphatic rings. The van der Waals surface area contributed by atoms with Gasteiger partial charge in [-0.15, -0.1) is 0 Å². The maximum absolute atomic E-state index is 12.4. The molecule has 4 nitrogen and oxygen atoms in total. The van der Waals surface area contributed by atoms with E-state index in [-0.39, 0.29) is 18.2 Å². The highest BCUT2D eigenvalue weighted by atomic mass is 16.5. The van der Waals surface area contributed by atoms with Crippen LogP contribution in [0.4, 0.5) is 0 Å². The van der Waals surface area contributed by atoms with Crippen LogP contribution in [0.5, 0.6) is 5.75 Å². The van der Waals surface area contributed by atoms with Crippen molar-refractivity contribution >= 4 is 16.9 Å². The molecule has 1 aromatic carbocycles. The Hall–Kier alpha value is -2.10. The third kappa shape index (κ3) is 2.43. The molecule has 2 fully saturated rings. The van der Waals surface area contributed by atoms with Gasteiger partial charge in [-0.3, -0.25) is 4.98 Å². The topological polar surface area (TPSA) is 48.4 Å². The summed E-state index contributed by atoms with van der Waals surface area (Å²) < 4.78 is 11.5. The number of aromatic nitrogens is 1. The second-order valence-electron chi connectivity index (χ2n) is 6.14. The number of hydrogen-bond acceptors (Lipinski definition) is 4. The van der Waals surface area contributed by atoms with Gasteiger partial charge in [0.2, 0.25) is 0 Å². The van der Waals surface area contributed by atoms with Crippen LogP contribution in [-0.2, 0) is 4.74 Å². The Morgan fingerprint density at radius 3 is 2.50 bits per heavy atom. The average molecular weight is 297 g/mol. The minimum Gasteiger partial charge on any atom is -0.488 e. The molecule has 22 heavy (non-hydrogen) atoms.